The molecule has 112 valence electrons. The summed E-state index contributed by atoms with van der Waals surface area (Å²) in [5, 5.41) is 0. The molecule has 0 aliphatic heterocycles. The zero-order valence-electron chi connectivity index (χ0n) is 13.4. The molecule has 21 heavy (non-hydrogen) atoms. The maximum absolute atomic E-state index is 12.8. The van der Waals surface area contributed by atoms with Crippen molar-refractivity contribution in [2.24, 2.45) is 16.7 Å². The quantitative estimate of drug-likeness (QED) is 0.734. The van der Waals surface area contributed by atoms with Gasteiger partial charge in [0.15, 0.2) is 5.78 Å². The van der Waals surface area contributed by atoms with E-state index in [2.05, 4.69) is 57.4 Å². The van der Waals surface area contributed by atoms with Crippen molar-refractivity contribution in [2.45, 2.75) is 39.4 Å². The minimum atomic E-state index is -0.151. The summed E-state index contributed by atoms with van der Waals surface area (Å²) in [6.07, 6.45) is 6.47. The van der Waals surface area contributed by atoms with Crippen molar-refractivity contribution in [1.29, 1.82) is 0 Å². The second-order valence-electron chi connectivity index (χ2n) is 7.25. The number of carbonyl (C=O) groups excluding carboxylic acids is 1. The first-order chi connectivity index (χ1) is 9.90. The highest BCUT2D eigenvalue weighted by molar-refractivity contribution is 7.97. The van der Waals surface area contributed by atoms with Crippen LogP contribution in [0.3, 0.4) is 0 Å². The van der Waals surface area contributed by atoms with Gasteiger partial charge in [-0.05, 0) is 53.2 Å². The number of hydrogen-bond donors (Lipinski definition) is 0. The minimum Gasteiger partial charge on any atom is -0.294 e. The van der Waals surface area contributed by atoms with Crippen LogP contribution < -0.4 is 0 Å². The maximum atomic E-state index is 12.8. The summed E-state index contributed by atoms with van der Waals surface area (Å²) in [6.45, 7) is 6.70. The van der Waals surface area contributed by atoms with Crippen molar-refractivity contribution in [3.8, 4) is 0 Å². The van der Waals surface area contributed by atoms with Crippen molar-refractivity contribution >= 4 is 23.6 Å². The highest BCUT2D eigenvalue weighted by atomic mass is 32.2. The number of hydrogen-bond acceptors (Lipinski definition) is 2. The fraction of sp³-hybridized carbons (Fsp3) is 0.526. The smallest absolute Gasteiger partial charge is 0.165 e. The summed E-state index contributed by atoms with van der Waals surface area (Å²) in [4.78, 5) is 12.8. The summed E-state index contributed by atoms with van der Waals surface area (Å²) in [7, 11) is 0. The zero-order chi connectivity index (χ0) is 15.3. The number of allylic oxidation sites excluding steroid dienone is 1. The van der Waals surface area contributed by atoms with Crippen LogP contribution in [-0.4, -0.2) is 12.0 Å². The highest BCUT2D eigenvalue weighted by Gasteiger charge is 2.63. The topological polar surface area (TPSA) is 17.1 Å². The number of carbonyl (C=O) groups is 1. The first-order valence-electron chi connectivity index (χ1n) is 7.74. The average molecular weight is 300 g/mol. The van der Waals surface area contributed by atoms with E-state index in [0.717, 1.165) is 29.7 Å². The molecule has 0 radical (unpaired) electrons. The SMILES string of the molecule is CSCc1ccc(/C=C2\C(=O)C3(C)CCC2C3(C)C)cc1. The van der Waals surface area contributed by atoms with E-state index in [0.29, 0.717) is 11.7 Å². The molecular weight excluding hydrogens is 276 g/mol. The van der Waals surface area contributed by atoms with Crippen molar-refractivity contribution in [3.63, 3.8) is 0 Å². The third-order valence-electron chi connectivity index (χ3n) is 5.98. The molecule has 1 aromatic carbocycles. The molecule has 2 bridgehead atoms. The van der Waals surface area contributed by atoms with E-state index in [9.17, 15) is 4.79 Å². The van der Waals surface area contributed by atoms with Crippen LogP contribution in [-0.2, 0) is 10.5 Å². The second kappa shape index (κ2) is 5.01. The largest absolute Gasteiger partial charge is 0.294 e. The summed E-state index contributed by atoms with van der Waals surface area (Å²) < 4.78 is 0. The van der Waals surface area contributed by atoms with Crippen LogP contribution in [0.25, 0.3) is 6.08 Å². The molecule has 1 nitrogen and oxygen atoms in total. The third-order valence-corrected chi connectivity index (χ3v) is 6.60. The molecule has 2 aliphatic rings. The van der Waals surface area contributed by atoms with Gasteiger partial charge in [0.1, 0.15) is 0 Å². The molecule has 0 saturated heterocycles. The molecule has 2 heteroatoms. The Labute approximate surface area is 132 Å². The lowest BCUT2D eigenvalue weighted by Crippen LogP contribution is -2.32. The van der Waals surface area contributed by atoms with Crippen LogP contribution in [0.2, 0.25) is 0 Å². The summed E-state index contributed by atoms with van der Waals surface area (Å²) in [6, 6.07) is 8.64. The lowest BCUT2D eigenvalue weighted by molar-refractivity contribution is -0.125. The molecular formula is C19H24OS. The van der Waals surface area contributed by atoms with Gasteiger partial charge in [0, 0.05) is 11.2 Å². The number of benzene rings is 1. The molecule has 1 aromatic rings. The Morgan fingerprint density at radius 1 is 1.24 bits per heavy atom. The molecule has 2 saturated carbocycles. The standard InChI is InChI=1S/C19H24OS/c1-18(2)16-9-10-19(18,3)17(20)15(16)11-13-5-7-14(8-6-13)12-21-4/h5-8,11,16H,9-10,12H2,1-4H3/b15-11-. The van der Waals surface area contributed by atoms with Gasteiger partial charge in [0.25, 0.3) is 0 Å². The van der Waals surface area contributed by atoms with E-state index < -0.39 is 0 Å². The lowest BCUT2D eigenvalue weighted by atomic mass is 9.70. The molecule has 3 rings (SSSR count). The van der Waals surface area contributed by atoms with Gasteiger partial charge in [-0.2, -0.15) is 11.8 Å². The van der Waals surface area contributed by atoms with Crippen molar-refractivity contribution in [1.82, 2.24) is 0 Å². The van der Waals surface area contributed by atoms with Gasteiger partial charge >= 0.3 is 0 Å². The molecule has 0 heterocycles. The van der Waals surface area contributed by atoms with E-state index in [1.54, 1.807) is 0 Å². The molecule has 0 spiro atoms. The predicted octanol–water partition coefficient (Wildman–Crippen LogP) is 4.96. The lowest BCUT2D eigenvalue weighted by Gasteiger charge is -2.31. The number of thioether (sulfide) groups is 1. The molecule has 0 N–H and O–H groups in total. The van der Waals surface area contributed by atoms with Crippen molar-refractivity contribution < 1.29 is 4.79 Å². The summed E-state index contributed by atoms with van der Waals surface area (Å²) in [5.74, 6) is 1.86. The Bertz CT molecular complexity index is 596. The number of rotatable bonds is 3. The Balaban J connectivity index is 1.92. The van der Waals surface area contributed by atoms with E-state index in [4.69, 9.17) is 0 Å². The maximum Gasteiger partial charge on any atom is 0.165 e. The number of Topliss-reactive ketones (excluding diaryl/α,β-unsaturated/α-hetero) is 1. The molecule has 2 aliphatic carbocycles. The fourth-order valence-electron chi connectivity index (χ4n) is 4.15. The first kappa shape index (κ1) is 14.9. The van der Waals surface area contributed by atoms with Gasteiger partial charge in [0.05, 0.1) is 0 Å². The monoisotopic (exact) mass is 300 g/mol. The van der Waals surface area contributed by atoms with Crippen LogP contribution >= 0.6 is 11.8 Å². The van der Waals surface area contributed by atoms with Crippen LogP contribution in [0, 0.1) is 16.7 Å². The van der Waals surface area contributed by atoms with E-state index >= 15 is 0 Å². The van der Waals surface area contributed by atoms with Gasteiger partial charge < -0.3 is 0 Å². The van der Waals surface area contributed by atoms with Gasteiger partial charge in [-0.1, -0.05) is 45.0 Å². The normalized spacial score (nSPS) is 32.1. The van der Waals surface area contributed by atoms with Gasteiger partial charge in [-0.15, -0.1) is 0 Å². The number of ketones is 1. The third kappa shape index (κ3) is 2.11. The van der Waals surface area contributed by atoms with Crippen LogP contribution in [0.4, 0.5) is 0 Å². The minimum absolute atomic E-state index is 0.106. The van der Waals surface area contributed by atoms with E-state index in [1.165, 1.54) is 5.56 Å². The predicted molar refractivity (Wildman–Crippen MR) is 91.3 cm³/mol. The number of fused-ring (bicyclic) bond motifs is 2. The Morgan fingerprint density at radius 3 is 2.43 bits per heavy atom. The molecule has 2 fully saturated rings. The molecule has 0 aromatic heterocycles. The Morgan fingerprint density at radius 2 is 1.90 bits per heavy atom. The van der Waals surface area contributed by atoms with E-state index in [-0.39, 0.29) is 10.8 Å². The first-order valence-corrected chi connectivity index (χ1v) is 9.14. The van der Waals surface area contributed by atoms with Gasteiger partial charge in [0.2, 0.25) is 0 Å². The average Bonchev–Trinajstić information content (AvgIpc) is 2.75. The van der Waals surface area contributed by atoms with Gasteiger partial charge in [-0.25, -0.2) is 0 Å². The molecule has 2 unspecified atom stereocenters. The van der Waals surface area contributed by atoms with Gasteiger partial charge in [-0.3, -0.25) is 4.79 Å². The fourth-order valence-corrected chi connectivity index (χ4v) is 4.68. The van der Waals surface area contributed by atoms with Crippen molar-refractivity contribution in [3.05, 3.63) is 41.0 Å². The van der Waals surface area contributed by atoms with Crippen LogP contribution in [0.5, 0.6) is 0 Å². The second-order valence-corrected chi connectivity index (χ2v) is 8.11. The molecule has 0 amide bonds. The highest BCUT2D eigenvalue weighted by Crippen LogP contribution is 2.65. The van der Waals surface area contributed by atoms with Crippen molar-refractivity contribution in [2.75, 3.05) is 6.26 Å². The Hall–Kier alpha value is -1.02. The Kier molecular flexibility index (Phi) is 3.56. The zero-order valence-corrected chi connectivity index (χ0v) is 14.2. The summed E-state index contributed by atoms with van der Waals surface area (Å²) >= 11 is 1.83. The molecule has 2 atom stereocenters. The van der Waals surface area contributed by atoms with Crippen LogP contribution in [0.1, 0.15) is 44.7 Å². The van der Waals surface area contributed by atoms with Crippen LogP contribution in [0.15, 0.2) is 29.8 Å². The van der Waals surface area contributed by atoms with E-state index in [1.807, 2.05) is 11.8 Å². The summed E-state index contributed by atoms with van der Waals surface area (Å²) in [5.41, 5.74) is 3.52.